The molecule has 0 amide bonds. The van der Waals surface area contributed by atoms with E-state index in [0.29, 0.717) is 11.7 Å². The van der Waals surface area contributed by atoms with Crippen LogP contribution in [0.3, 0.4) is 0 Å². The van der Waals surface area contributed by atoms with Crippen molar-refractivity contribution in [1.29, 1.82) is 5.26 Å². The quantitative estimate of drug-likeness (QED) is 0.614. The summed E-state index contributed by atoms with van der Waals surface area (Å²) < 4.78 is 5.73. The fourth-order valence-corrected chi connectivity index (χ4v) is 5.40. The van der Waals surface area contributed by atoms with E-state index >= 15 is 0 Å². The average molecular weight is 422 g/mol. The highest BCUT2D eigenvalue weighted by Crippen LogP contribution is 2.54. The van der Waals surface area contributed by atoms with Crippen molar-refractivity contribution in [3.63, 3.8) is 0 Å². The molecule has 3 aromatic rings. The van der Waals surface area contributed by atoms with Crippen LogP contribution in [0.5, 0.6) is 5.88 Å². The zero-order chi connectivity index (χ0) is 22.3. The van der Waals surface area contributed by atoms with Gasteiger partial charge in [0.05, 0.1) is 23.8 Å². The maximum atomic E-state index is 13.0. The lowest BCUT2D eigenvalue weighted by Crippen LogP contribution is -2.48. The standard InChI is InChI=1S/C27H23N3O2/c1-17-22-14-13-21-24(29-25(30-26(21)32-2)18-9-5-3-6-10-18)27(22,15-19(16-28)23(17)31)20-11-7-4-8-12-20/h3-12,15,17,22H,13-14H2,1-2H3/t17-,22-,27+/m0/s1. The van der Waals surface area contributed by atoms with Crippen LogP contribution in [0.1, 0.15) is 30.2 Å². The molecule has 1 heterocycles. The summed E-state index contributed by atoms with van der Waals surface area (Å²) in [6, 6.07) is 22.0. The van der Waals surface area contributed by atoms with Crippen molar-refractivity contribution in [2.75, 3.05) is 7.11 Å². The molecule has 2 aromatic carbocycles. The van der Waals surface area contributed by atoms with E-state index in [9.17, 15) is 10.1 Å². The number of ketones is 1. The van der Waals surface area contributed by atoms with Gasteiger partial charge in [0.15, 0.2) is 11.6 Å². The van der Waals surface area contributed by atoms with Crippen molar-refractivity contribution >= 4 is 5.78 Å². The molecule has 32 heavy (non-hydrogen) atoms. The number of Topliss-reactive ketones (excluding diaryl/α,β-unsaturated/α-hetero) is 1. The molecule has 5 rings (SSSR count). The van der Waals surface area contributed by atoms with E-state index in [1.165, 1.54) is 0 Å². The van der Waals surface area contributed by atoms with Gasteiger partial charge in [0.2, 0.25) is 5.88 Å². The Hall–Kier alpha value is -3.78. The monoisotopic (exact) mass is 421 g/mol. The van der Waals surface area contributed by atoms with E-state index in [2.05, 4.69) is 18.2 Å². The molecule has 0 aliphatic heterocycles. The molecule has 0 saturated heterocycles. The number of rotatable bonds is 3. The van der Waals surface area contributed by atoms with Crippen molar-refractivity contribution in [2.24, 2.45) is 11.8 Å². The topological polar surface area (TPSA) is 75.9 Å². The third-order valence-corrected chi connectivity index (χ3v) is 6.90. The minimum absolute atomic E-state index is 0.00905. The highest BCUT2D eigenvalue weighted by Gasteiger charge is 2.53. The van der Waals surface area contributed by atoms with Crippen molar-refractivity contribution in [1.82, 2.24) is 9.97 Å². The predicted octanol–water partition coefficient (Wildman–Crippen LogP) is 4.67. The minimum Gasteiger partial charge on any atom is -0.481 e. The smallest absolute Gasteiger partial charge is 0.220 e. The molecule has 0 N–H and O–H groups in total. The molecule has 158 valence electrons. The predicted molar refractivity (Wildman–Crippen MR) is 121 cm³/mol. The first kappa shape index (κ1) is 20.1. The third-order valence-electron chi connectivity index (χ3n) is 6.90. The minimum atomic E-state index is -0.701. The Kier molecular flexibility index (Phi) is 4.86. The van der Waals surface area contributed by atoms with Crippen molar-refractivity contribution in [3.8, 4) is 23.3 Å². The SMILES string of the molecule is COc1nc(-c2ccccc2)nc2c1CC[C@H]1[C@H](C)C(=O)C(C#N)=C[C@]21c1ccccc1. The second-order valence-electron chi connectivity index (χ2n) is 8.45. The number of fused-ring (bicyclic) bond motifs is 3. The third kappa shape index (κ3) is 2.87. The van der Waals surface area contributed by atoms with Gasteiger partial charge in [0.1, 0.15) is 6.07 Å². The molecular weight excluding hydrogens is 398 g/mol. The van der Waals surface area contributed by atoms with Crippen LogP contribution in [0.15, 0.2) is 72.3 Å². The number of carbonyl (C=O) groups excluding carboxylic acids is 1. The number of allylic oxidation sites excluding steroid dienone is 2. The summed E-state index contributed by atoms with van der Waals surface area (Å²) in [4.78, 5) is 22.8. The van der Waals surface area contributed by atoms with Crippen LogP contribution in [-0.2, 0) is 16.6 Å². The summed E-state index contributed by atoms with van der Waals surface area (Å²) in [6.45, 7) is 1.94. The Morgan fingerprint density at radius 2 is 1.75 bits per heavy atom. The lowest BCUT2D eigenvalue weighted by Gasteiger charge is -2.48. The van der Waals surface area contributed by atoms with Gasteiger partial charge < -0.3 is 4.74 Å². The van der Waals surface area contributed by atoms with Crippen LogP contribution in [0.2, 0.25) is 0 Å². The zero-order valence-electron chi connectivity index (χ0n) is 18.1. The molecule has 2 aliphatic rings. The van der Waals surface area contributed by atoms with Gasteiger partial charge >= 0.3 is 0 Å². The van der Waals surface area contributed by atoms with Gasteiger partial charge in [-0.1, -0.05) is 67.6 Å². The van der Waals surface area contributed by atoms with Gasteiger partial charge in [-0.25, -0.2) is 4.98 Å². The van der Waals surface area contributed by atoms with E-state index in [0.717, 1.165) is 35.2 Å². The molecule has 3 atom stereocenters. The van der Waals surface area contributed by atoms with Crippen molar-refractivity contribution in [3.05, 3.63) is 89.1 Å². The Labute approximate surface area is 187 Å². The Morgan fingerprint density at radius 1 is 1.06 bits per heavy atom. The molecule has 0 radical (unpaired) electrons. The lowest BCUT2D eigenvalue weighted by molar-refractivity contribution is -0.121. The van der Waals surface area contributed by atoms with Gasteiger partial charge in [0, 0.05) is 17.0 Å². The van der Waals surface area contributed by atoms with E-state index < -0.39 is 5.41 Å². The normalized spacial score (nSPS) is 24.0. The van der Waals surface area contributed by atoms with Crippen LogP contribution in [0.4, 0.5) is 0 Å². The summed E-state index contributed by atoms with van der Waals surface area (Å²) in [7, 11) is 1.63. The van der Waals surface area contributed by atoms with Crippen LogP contribution < -0.4 is 4.74 Å². The van der Waals surface area contributed by atoms with Gasteiger partial charge in [-0.3, -0.25) is 4.79 Å². The number of aromatic nitrogens is 2. The van der Waals surface area contributed by atoms with E-state index in [1.54, 1.807) is 7.11 Å². The van der Waals surface area contributed by atoms with Crippen molar-refractivity contribution < 1.29 is 9.53 Å². The number of carbonyl (C=O) groups is 1. The summed E-state index contributed by atoms with van der Waals surface area (Å²) in [5, 5.41) is 9.82. The second kappa shape index (κ2) is 7.72. The summed E-state index contributed by atoms with van der Waals surface area (Å²) in [5.74, 6) is 0.749. The fraction of sp³-hybridized carbons (Fsp3) is 0.259. The highest BCUT2D eigenvalue weighted by atomic mass is 16.5. The van der Waals surface area contributed by atoms with E-state index in [1.807, 2.05) is 61.5 Å². The van der Waals surface area contributed by atoms with Gasteiger partial charge in [-0.15, -0.1) is 0 Å². The summed E-state index contributed by atoms with van der Waals surface area (Å²) in [6.07, 6.45) is 3.36. The van der Waals surface area contributed by atoms with Gasteiger partial charge in [-0.2, -0.15) is 10.2 Å². The highest BCUT2D eigenvalue weighted by molar-refractivity contribution is 6.02. The molecular formula is C27H23N3O2. The van der Waals surface area contributed by atoms with E-state index in [4.69, 9.17) is 14.7 Å². The second-order valence-corrected chi connectivity index (χ2v) is 8.45. The number of ether oxygens (including phenoxy) is 1. The van der Waals surface area contributed by atoms with Crippen LogP contribution >= 0.6 is 0 Å². The van der Waals surface area contributed by atoms with Crippen LogP contribution in [0.25, 0.3) is 11.4 Å². The largest absolute Gasteiger partial charge is 0.481 e. The number of benzene rings is 2. The van der Waals surface area contributed by atoms with Crippen LogP contribution in [0, 0.1) is 23.2 Å². The first-order chi connectivity index (χ1) is 15.6. The zero-order valence-corrected chi connectivity index (χ0v) is 18.1. The molecule has 0 unspecified atom stereocenters. The number of methoxy groups -OCH3 is 1. The van der Waals surface area contributed by atoms with Gasteiger partial charge in [0.25, 0.3) is 0 Å². The first-order valence-electron chi connectivity index (χ1n) is 10.8. The molecule has 0 bridgehead atoms. The fourth-order valence-electron chi connectivity index (χ4n) is 5.40. The molecule has 0 spiro atoms. The number of nitrogens with zero attached hydrogens (tertiary/aromatic N) is 3. The number of nitriles is 1. The lowest BCUT2D eigenvalue weighted by atomic mass is 9.54. The maximum absolute atomic E-state index is 13.0. The molecule has 5 heteroatoms. The number of hydrogen-bond donors (Lipinski definition) is 0. The molecule has 1 aromatic heterocycles. The van der Waals surface area contributed by atoms with Crippen molar-refractivity contribution in [2.45, 2.75) is 25.2 Å². The summed E-state index contributed by atoms with van der Waals surface area (Å²) >= 11 is 0. The van der Waals surface area contributed by atoms with Gasteiger partial charge in [-0.05, 0) is 30.4 Å². The molecule has 0 fully saturated rings. The Morgan fingerprint density at radius 3 is 2.41 bits per heavy atom. The van der Waals surface area contributed by atoms with E-state index in [-0.39, 0.29) is 23.2 Å². The Bertz CT molecular complexity index is 1260. The molecule has 2 aliphatic carbocycles. The first-order valence-corrected chi connectivity index (χ1v) is 10.8. The average Bonchev–Trinajstić information content (AvgIpc) is 2.86. The molecule has 0 saturated carbocycles. The molecule has 5 nitrogen and oxygen atoms in total. The number of hydrogen-bond acceptors (Lipinski definition) is 5. The Balaban J connectivity index is 1.88. The summed E-state index contributed by atoms with van der Waals surface area (Å²) in [5.41, 5.74) is 3.19. The van der Waals surface area contributed by atoms with Crippen LogP contribution in [-0.4, -0.2) is 22.9 Å². The maximum Gasteiger partial charge on any atom is 0.220 e.